The van der Waals surface area contributed by atoms with E-state index in [0.717, 1.165) is 32.4 Å². The number of likely N-dealkylation sites (tertiary alicyclic amines) is 1. The molecular formula is C12H16N4O4. The number of hydrogen-bond donors (Lipinski definition) is 1. The van der Waals surface area contributed by atoms with Gasteiger partial charge < -0.3 is 25.1 Å². The number of pyridine rings is 1. The standard InChI is InChI=1S/C12H16N4O4/c17-12(15-6-2-1-3-7-15)20-9-14-10-4-5-11(13-8-10)16(18)19/h4-5,8,14H,1-3,6-7,9H2. The first-order chi connectivity index (χ1) is 9.66. The van der Waals surface area contributed by atoms with E-state index in [2.05, 4.69) is 10.3 Å². The number of nitrogens with one attached hydrogen (secondary N) is 1. The van der Waals surface area contributed by atoms with Gasteiger partial charge in [0.15, 0.2) is 12.9 Å². The van der Waals surface area contributed by atoms with Crippen molar-refractivity contribution in [1.82, 2.24) is 9.88 Å². The molecule has 1 saturated heterocycles. The molecule has 1 N–H and O–H groups in total. The zero-order valence-electron chi connectivity index (χ0n) is 10.9. The van der Waals surface area contributed by atoms with E-state index in [-0.39, 0.29) is 18.6 Å². The highest BCUT2D eigenvalue weighted by Gasteiger charge is 2.17. The van der Waals surface area contributed by atoms with Gasteiger partial charge in [-0.3, -0.25) is 0 Å². The average Bonchev–Trinajstić information content (AvgIpc) is 2.48. The number of rotatable bonds is 4. The Morgan fingerprint density at radius 2 is 2.15 bits per heavy atom. The molecule has 0 aromatic carbocycles. The smallest absolute Gasteiger partial charge is 0.411 e. The molecule has 8 nitrogen and oxygen atoms in total. The molecule has 0 bridgehead atoms. The third-order valence-electron chi connectivity index (χ3n) is 3.02. The molecule has 1 aliphatic heterocycles. The van der Waals surface area contributed by atoms with Crippen LogP contribution >= 0.6 is 0 Å². The van der Waals surface area contributed by atoms with E-state index in [1.165, 1.54) is 18.3 Å². The number of anilines is 1. The summed E-state index contributed by atoms with van der Waals surface area (Å²) in [4.78, 5) is 26.9. The number of amides is 1. The average molecular weight is 280 g/mol. The summed E-state index contributed by atoms with van der Waals surface area (Å²) in [5.74, 6) is -0.221. The van der Waals surface area contributed by atoms with Crippen LogP contribution in [-0.2, 0) is 4.74 Å². The van der Waals surface area contributed by atoms with Gasteiger partial charge >= 0.3 is 11.9 Å². The molecule has 1 aliphatic rings. The molecular weight excluding hydrogens is 264 g/mol. The molecule has 0 atom stereocenters. The highest BCUT2D eigenvalue weighted by atomic mass is 16.6. The number of hydrogen-bond acceptors (Lipinski definition) is 6. The van der Waals surface area contributed by atoms with Crippen molar-refractivity contribution in [2.24, 2.45) is 0 Å². The van der Waals surface area contributed by atoms with Gasteiger partial charge in [0.2, 0.25) is 0 Å². The molecule has 0 unspecified atom stereocenters. The molecule has 108 valence electrons. The summed E-state index contributed by atoms with van der Waals surface area (Å²) in [6.07, 6.45) is 4.15. The fourth-order valence-electron chi connectivity index (χ4n) is 1.95. The van der Waals surface area contributed by atoms with E-state index in [4.69, 9.17) is 4.74 Å². The Morgan fingerprint density at radius 3 is 2.75 bits per heavy atom. The molecule has 8 heteroatoms. The van der Waals surface area contributed by atoms with E-state index in [1.807, 2.05) is 0 Å². The Morgan fingerprint density at radius 1 is 1.40 bits per heavy atom. The minimum absolute atomic E-state index is 0.00875. The monoisotopic (exact) mass is 280 g/mol. The molecule has 1 aromatic heterocycles. The van der Waals surface area contributed by atoms with Gasteiger partial charge in [-0.25, -0.2) is 4.79 Å². The summed E-state index contributed by atoms with van der Waals surface area (Å²) >= 11 is 0. The molecule has 0 aliphatic carbocycles. The van der Waals surface area contributed by atoms with E-state index >= 15 is 0 Å². The van der Waals surface area contributed by atoms with Crippen molar-refractivity contribution in [2.75, 3.05) is 25.1 Å². The molecule has 20 heavy (non-hydrogen) atoms. The normalized spacial score (nSPS) is 14.7. The van der Waals surface area contributed by atoms with Crippen LogP contribution in [0.4, 0.5) is 16.3 Å². The minimum atomic E-state index is -0.569. The fourth-order valence-corrected chi connectivity index (χ4v) is 1.95. The van der Waals surface area contributed by atoms with Crippen LogP contribution in [0.5, 0.6) is 0 Å². The van der Waals surface area contributed by atoms with Crippen LogP contribution < -0.4 is 5.32 Å². The van der Waals surface area contributed by atoms with E-state index in [0.29, 0.717) is 5.69 Å². The molecule has 2 heterocycles. The number of nitro groups is 1. The van der Waals surface area contributed by atoms with Crippen molar-refractivity contribution < 1.29 is 14.5 Å². The molecule has 0 spiro atoms. The van der Waals surface area contributed by atoms with Crippen LogP contribution in [0.15, 0.2) is 18.3 Å². The van der Waals surface area contributed by atoms with Crippen molar-refractivity contribution in [2.45, 2.75) is 19.3 Å². The maximum atomic E-state index is 11.7. The summed E-state index contributed by atoms with van der Waals surface area (Å²) in [6.45, 7) is 1.48. The summed E-state index contributed by atoms with van der Waals surface area (Å²) < 4.78 is 5.08. The van der Waals surface area contributed by atoms with Gasteiger partial charge in [-0.05, 0) is 35.2 Å². The first-order valence-corrected chi connectivity index (χ1v) is 6.43. The summed E-state index contributed by atoms with van der Waals surface area (Å²) in [5, 5.41) is 13.3. The molecule has 1 amide bonds. The zero-order chi connectivity index (χ0) is 14.4. The highest BCUT2D eigenvalue weighted by molar-refractivity contribution is 5.67. The summed E-state index contributed by atoms with van der Waals surface area (Å²) in [6, 6.07) is 2.80. The van der Waals surface area contributed by atoms with E-state index in [1.54, 1.807) is 4.90 Å². The Labute approximate surface area is 115 Å². The minimum Gasteiger partial charge on any atom is -0.428 e. The quantitative estimate of drug-likeness (QED) is 0.514. The summed E-state index contributed by atoms with van der Waals surface area (Å²) in [5.41, 5.74) is 0.557. The SMILES string of the molecule is O=C(OCNc1ccc([N+](=O)[O-])nc1)N1CCCCC1. The number of carbonyl (C=O) groups excluding carboxylic acids is 1. The van der Waals surface area contributed by atoms with Crippen LogP contribution in [0, 0.1) is 10.1 Å². The second kappa shape index (κ2) is 6.69. The second-order valence-corrected chi connectivity index (χ2v) is 4.44. The topological polar surface area (TPSA) is 97.6 Å². The van der Waals surface area contributed by atoms with Crippen molar-refractivity contribution >= 4 is 17.6 Å². The molecule has 0 saturated carbocycles. The van der Waals surface area contributed by atoms with Crippen LogP contribution in [0.3, 0.4) is 0 Å². The molecule has 1 aromatic rings. The number of piperidine rings is 1. The lowest BCUT2D eigenvalue weighted by Gasteiger charge is -2.25. The zero-order valence-corrected chi connectivity index (χ0v) is 10.9. The van der Waals surface area contributed by atoms with Crippen molar-refractivity contribution in [1.29, 1.82) is 0 Å². The van der Waals surface area contributed by atoms with Crippen molar-refractivity contribution in [3.05, 3.63) is 28.4 Å². The summed E-state index contributed by atoms with van der Waals surface area (Å²) in [7, 11) is 0. The van der Waals surface area contributed by atoms with Gasteiger partial charge in [0.25, 0.3) is 0 Å². The second-order valence-electron chi connectivity index (χ2n) is 4.44. The lowest BCUT2D eigenvalue weighted by atomic mass is 10.1. The first-order valence-electron chi connectivity index (χ1n) is 6.43. The first kappa shape index (κ1) is 14.0. The van der Waals surface area contributed by atoms with Crippen LogP contribution in [0.1, 0.15) is 19.3 Å². The fraction of sp³-hybridized carbons (Fsp3) is 0.500. The van der Waals surface area contributed by atoms with Crippen LogP contribution in [0.2, 0.25) is 0 Å². The van der Waals surface area contributed by atoms with Gasteiger partial charge in [-0.2, -0.15) is 0 Å². The Bertz CT molecular complexity index is 471. The third kappa shape index (κ3) is 3.81. The van der Waals surface area contributed by atoms with Gasteiger partial charge in [-0.15, -0.1) is 0 Å². The number of carbonyl (C=O) groups is 1. The molecule has 1 fully saturated rings. The number of aromatic nitrogens is 1. The third-order valence-corrected chi connectivity index (χ3v) is 3.02. The molecule has 2 rings (SSSR count). The molecule has 0 radical (unpaired) electrons. The van der Waals surface area contributed by atoms with Crippen LogP contribution in [-0.4, -0.2) is 40.7 Å². The predicted molar refractivity (Wildman–Crippen MR) is 71.3 cm³/mol. The van der Waals surface area contributed by atoms with E-state index in [9.17, 15) is 14.9 Å². The van der Waals surface area contributed by atoms with Gasteiger partial charge in [-0.1, -0.05) is 0 Å². The lowest BCUT2D eigenvalue weighted by Crippen LogP contribution is -2.36. The number of nitrogens with zero attached hydrogens (tertiary/aromatic N) is 3. The lowest BCUT2D eigenvalue weighted by molar-refractivity contribution is -0.389. The Hall–Kier alpha value is -2.38. The Kier molecular flexibility index (Phi) is 4.70. The van der Waals surface area contributed by atoms with Crippen molar-refractivity contribution in [3.63, 3.8) is 0 Å². The maximum absolute atomic E-state index is 11.7. The largest absolute Gasteiger partial charge is 0.428 e. The van der Waals surface area contributed by atoms with Gasteiger partial charge in [0, 0.05) is 19.2 Å². The van der Waals surface area contributed by atoms with Gasteiger partial charge in [0.05, 0.1) is 5.69 Å². The van der Waals surface area contributed by atoms with Gasteiger partial charge in [0.1, 0.15) is 0 Å². The van der Waals surface area contributed by atoms with E-state index < -0.39 is 4.92 Å². The highest BCUT2D eigenvalue weighted by Crippen LogP contribution is 2.12. The Balaban J connectivity index is 1.74. The van der Waals surface area contributed by atoms with Crippen molar-refractivity contribution in [3.8, 4) is 0 Å². The van der Waals surface area contributed by atoms with Crippen LogP contribution in [0.25, 0.3) is 0 Å². The maximum Gasteiger partial charge on any atom is 0.411 e. The number of ether oxygens (including phenoxy) is 1. The predicted octanol–water partition coefficient (Wildman–Crippen LogP) is 1.98.